The Hall–Kier alpha value is -4.69. The number of fused-ring (bicyclic) bond motifs is 1. The van der Waals surface area contributed by atoms with Crippen LogP contribution in [0.25, 0.3) is 11.2 Å². The van der Waals surface area contributed by atoms with Crippen molar-refractivity contribution in [3.05, 3.63) is 112 Å². The monoisotopic (exact) mass is 800 g/mol. The van der Waals surface area contributed by atoms with Crippen molar-refractivity contribution in [2.24, 2.45) is 5.92 Å². The lowest BCUT2D eigenvalue weighted by molar-refractivity contribution is -0.167. The van der Waals surface area contributed by atoms with Crippen LogP contribution in [0, 0.1) is 5.92 Å². The van der Waals surface area contributed by atoms with E-state index in [0.717, 1.165) is 16.7 Å². The second-order valence-corrected chi connectivity index (χ2v) is 16.3. The number of carbonyl (C=O) groups is 1. The number of methoxy groups -OCH3 is 2. The van der Waals surface area contributed by atoms with Crippen LogP contribution in [0.4, 0.5) is 5.95 Å². The van der Waals surface area contributed by atoms with Crippen molar-refractivity contribution in [1.29, 1.82) is 0 Å². The Kier molecular flexibility index (Phi) is 13.1. The van der Waals surface area contributed by atoms with E-state index in [0.29, 0.717) is 11.5 Å². The molecule has 0 radical (unpaired) electrons. The fourth-order valence-electron chi connectivity index (χ4n) is 7.48. The number of benzene rings is 3. The van der Waals surface area contributed by atoms with E-state index in [1.165, 1.54) is 6.33 Å². The zero-order valence-corrected chi connectivity index (χ0v) is 34.8. The molecule has 0 aliphatic carbocycles. The van der Waals surface area contributed by atoms with E-state index in [-0.39, 0.29) is 41.4 Å². The number of nitrogen functional groups attached to an aromatic ring is 1. The quantitative estimate of drug-likeness (QED) is 0.0733. The molecule has 3 aromatic carbocycles. The molecule has 1 saturated heterocycles. The number of hydrogen-bond acceptors (Lipinski definition) is 12. The number of rotatable bonds is 17. The van der Waals surface area contributed by atoms with Crippen LogP contribution < -0.4 is 20.8 Å². The van der Waals surface area contributed by atoms with Gasteiger partial charge >= 0.3 is 0 Å². The lowest BCUT2D eigenvalue weighted by atomic mass is 9.79. The van der Waals surface area contributed by atoms with Crippen molar-refractivity contribution in [2.75, 3.05) is 27.1 Å². The first-order chi connectivity index (χ1) is 27.3. The Balaban J connectivity index is 1.56. The SMILES string of the molecule is COc1ccc(C(OC(C(=O)C(C)C)[C@H]2O[C@@H](n3cnc4c(=O)[nH]c(N)nc43)C[C@@H]2OP(OC)N(C(C)C)C(C)C)(c2ccccc2)c2ccc(OC)cc2)cc1. The Morgan fingerprint density at radius 2 is 1.46 bits per heavy atom. The number of anilines is 1. The Morgan fingerprint density at radius 1 is 0.895 bits per heavy atom. The predicted octanol–water partition coefficient (Wildman–Crippen LogP) is 6.99. The Bertz CT molecular complexity index is 2100. The topological polar surface area (TPSA) is 165 Å². The normalized spacial score (nSPS) is 18.5. The minimum atomic E-state index is -1.65. The number of aromatic amines is 1. The maximum atomic E-state index is 14.9. The lowest BCUT2D eigenvalue weighted by Crippen LogP contribution is -2.50. The minimum Gasteiger partial charge on any atom is -0.497 e. The van der Waals surface area contributed by atoms with E-state index >= 15 is 0 Å². The van der Waals surface area contributed by atoms with Gasteiger partial charge in [0, 0.05) is 31.5 Å². The molecule has 3 N–H and O–H groups in total. The third-order valence-electron chi connectivity index (χ3n) is 10.1. The second kappa shape index (κ2) is 17.8. The number of Topliss-reactive ketones (excluding diaryl/α,β-unsaturated/α-hetero) is 1. The van der Waals surface area contributed by atoms with Gasteiger partial charge in [-0.25, -0.2) is 9.65 Å². The third kappa shape index (κ3) is 8.48. The molecule has 2 unspecified atom stereocenters. The number of hydrogen-bond donors (Lipinski definition) is 2. The molecule has 14 nitrogen and oxygen atoms in total. The highest BCUT2D eigenvalue weighted by Crippen LogP contribution is 2.51. The van der Waals surface area contributed by atoms with Gasteiger partial charge in [0.25, 0.3) is 14.1 Å². The molecule has 304 valence electrons. The van der Waals surface area contributed by atoms with E-state index < -0.39 is 50.1 Å². The molecular weight excluding hydrogens is 747 g/mol. The molecule has 1 fully saturated rings. The van der Waals surface area contributed by atoms with Gasteiger partial charge in [-0.3, -0.25) is 19.1 Å². The van der Waals surface area contributed by atoms with Gasteiger partial charge in [0.1, 0.15) is 35.5 Å². The number of nitrogens with zero attached hydrogens (tertiary/aromatic N) is 4. The highest BCUT2D eigenvalue weighted by molar-refractivity contribution is 7.44. The number of nitrogens with one attached hydrogen (secondary N) is 1. The van der Waals surface area contributed by atoms with Crippen LogP contribution in [-0.2, 0) is 28.9 Å². The van der Waals surface area contributed by atoms with Crippen LogP contribution in [0.2, 0.25) is 0 Å². The first kappa shape index (κ1) is 41.9. The highest BCUT2D eigenvalue weighted by Gasteiger charge is 2.52. The van der Waals surface area contributed by atoms with Gasteiger partial charge in [-0.05, 0) is 68.7 Å². The Morgan fingerprint density at radius 3 is 1.96 bits per heavy atom. The number of aromatic nitrogens is 4. The van der Waals surface area contributed by atoms with Crippen LogP contribution in [0.3, 0.4) is 0 Å². The molecule has 15 heteroatoms. The largest absolute Gasteiger partial charge is 0.497 e. The summed E-state index contributed by atoms with van der Waals surface area (Å²) in [6, 6.07) is 25.2. The molecule has 2 aromatic heterocycles. The Labute approximate surface area is 334 Å². The summed E-state index contributed by atoms with van der Waals surface area (Å²) < 4.78 is 42.5. The molecular formula is C42H53N6O8P. The molecule has 5 aromatic rings. The summed E-state index contributed by atoms with van der Waals surface area (Å²) in [5.41, 5.74) is 6.78. The van der Waals surface area contributed by atoms with Crippen molar-refractivity contribution >= 4 is 31.4 Å². The van der Waals surface area contributed by atoms with E-state index in [4.69, 9.17) is 33.7 Å². The summed E-state index contributed by atoms with van der Waals surface area (Å²) in [6.45, 7) is 12.0. The highest BCUT2D eigenvalue weighted by atomic mass is 31.2. The number of ketones is 1. The predicted molar refractivity (Wildman–Crippen MR) is 219 cm³/mol. The molecule has 3 heterocycles. The molecule has 0 bridgehead atoms. The zero-order chi connectivity index (χ0) is 41.0. The maximum absolute atomic E-state index is 14.9. The van der Waals surface area contributed by atoms with Crippen molar-refractivity contribution in [3.63, 3.8) is 0 Å². The van der Waals surface area contributed by atoms with Crippen LogP contribution in [-0.4, -0.2) is 81.7 Å². The third-order valence-corrected chi connectivity index (χ3v) is 12.2. The van der Waals surface area contributed by atoms with Crippen LogP contribution in [0.15, 0.2) is 90.0 Å². The lowest BCUT2D eigenvalue weighted by Gasteiger charge is -2.42. The van der Waals surface area contributed by atoms with Crippen molar-refractivity contribution in [2.45, 2.75) is 90.2 Å². The number of nitrogens with two attached hydrogens (primary N) is 1. The van der Waals surface area contributed by atoms with Crippen LogP contribution >= 0.6 is 8.53 Å². The fraction of sp³-hybridized carbons (Fsp3) is 0.429. The summed E-state index contributed by atoms with van der Waals surface area (Å²) in [5, 5.41) is 0. The van der Waals surface area contributed by atoms with Crippen molar-refractivity contribution in [1.82, 2.24) is 24.2 Å². The molecule has 0 amide bonds. The average Bonchev–Trinajstić information content (AvgIpc) is 3.82. The van der Waals surface area contributed by atoms with Crippen LogP contribution in [0.5, 0.6) is 11.5 Å². The van der Waals surface area contributed by atoms with E-state index in [1.54, 1.807) is 25.9 Å². The summed E-state index contributed by atoms with van der Waals surface area (Å²) in [7, 11) is 3.20. The van der Waals surface area contributed by atoms with Gasteiger partial charge in [0.15, 0.2) is 16.9 Å². The summed E-state index contributed by atoms with van der Waals surface area (Å²) in [6.07, 6.45) is -1.98. The van der Waals surface area contributed by atoms with Gasteiger partial charge in [0.05, 0.1) is 26.7 Å². The van der Waals surface area contributed by atoms with E-state index in [2.05, 4.69) is 47.3 Å². The van der Waals surface area contributed by atoms with Gasteiger partial charge in [-0.2, -0.15) is 4.98 Å². The fourth-order valence-corrected chi connectivity index (χ4v) is 9.05. The van der Waals surface area contributed by atoms with Gasteiger partial charge < -0.3 is 33.7 Å². The van der Waals surface area contributed by atoms with Crippen molar-refractivity contribution in [3.8, 4) is 11.5 Å². The van der Waals surface area contributed by atoms with Gasteiger partial charge in [-0.15, -0.1) is 0 Å². The molecule has 0 spiro atoms. The molecule has 1 aliphatic heterocycles. The van der Waals surface area contributed by atoms with Crippen molar-refractivity contribution < 1.29 is 32.8 Å². The van der Waals surface area contributed by atoms with E-state index in [9.17, 15) is 9.59 Å². The van der Waals surface area contributed by atoms with Gasteiger partial charge in [0.2, 0.25) is 5.95 Å². The summed E-state index contributed by atoms with van der Waals surface area (Å²) >= 11 is 0. The molecule has 0 saturated carbocycles. The molecule has 1 aliphatic rings. The minimum absolute atomic E-state index is 0.0631. The van der Waals surface area contributed by atoms with Gasteiger partial charge in [-0.1, -0.05) is 68.4 Å². The molecule has 5 atom stereocenters. The summed E-state index contributed by atoms with van der Waals surface area (Å²) in [5.74, 6) is 0.589. The average molecular weight is 801 g/mol. The molecule has 57 heavy (non-hydrogen) atoms. The standard InChI is InChI=1S/C42H53N6O8P/c1-25(2)36(49)38(55-42(28-13-11-10-12-14-28,29-15-19-31(51-7)20-16-29)30-17-21-32(52-8)22-18-30)37-33(56-57(53-9)48(26(3)4)27(5)6)23-34(54-37)47-24-44-35-39(47)45-41(43)46-40(35)50/h10-22,24-27,33-34,37-38H,23H2,1-9H3,(H3,43,45,46,50)/t33-,34+,37-,38?,57?/m0/s1. The maximum Gasteiger partial charge on any atom is 0.280 e. The number of ether oxygens (including phenoxy) is 4. The zero-order valence-electron chi connectivity index (χ0n) is 33.9. The smallest absolute Gasteiger partial charge is 0.280 e. The van der Waals surface area contributed by atoms with Crippen LogP contribution in [0.1, 0.15) is 70.9 Å². The second-order valence-electron chi connectivity index (χ2n) is 14.8. The number of H-pyrrole nitrogens is 1. The summed E-state index contributed by atoms with van der Waals surface area (Å²) in [4.78, 5) is 39.0. The number of imidazole rings is 1. The first-order valence-corrected chi connectivity index (χ1v) is 20.2. The first-order valence-electron chi connectivity index (χ1n) is 19.1. The number of carbonyl (C=O) groups excluding carboxylic acids is 1. The molecule has 6 rings (SSSR count). The van der Waals surface area contributed by atoms with E-state index in [1.807, 2.05) is 92.7 Å².